The third-order valence-corrected chi connectivity index (χ3v) is 4.17. The molecule has 1 amide bonds. The Morgan fingerprint density at radius 1 is 1.35 bits per heavy atom. The lowest BCUT2D eigenvalue weighted by molar-refractivity contribution is -0.122. The quantitative estimate of drug-likeness (QED) is 0.884. The van der Waals surface area contributed by atoms with Crippen molar-refractivity contribution in [3.05, 3.63) is 29.8 Å². The molecule has 2 aliphatic rings. The van der Waals surface area contributed by atoms with Crippen molar-refractivity contribution in [2.75, 3.05) is 13.2 Å². The summed E-state index contributed by atoms with van der Waals surface area (Å²) in [5.74, 6) is 1.02. The summed E-state index contributed by atoms with van der Waals surface area (Å²) in [6.45, 7) is 1.64. The van der Waals surface area contributed by atoms with Gasteiger partial charge in [-0.15, -0.1) is 0 Å². The van der Waals surface area contributed by atoms with Crippen LogP contribution in [0.1, 0.15) is 43.7 Å². The van der Waals surface area contributed by atoms with Crippen LogP contribution in [0.5, 0.6) is 5.75 Å². The topological polar surface area (TPSA) is 50.4 Å². The molecule has 20 heavy (non-hydrogen) atoms. The lowest BCUT2D eigenvalue weighted by Crippen LogP contribution is -2.36. The van der Waals surface area contributed by atoms with Crippen LogP contribution in [-0.4, -0.2) is 25.1 Å². The highest BCUT2D eigenvalue weighted by molar-refractivity contribution is 5.76. The minimum Gasteiger partial charge on any atom is -0.491 e. The first-order valence-electron chi connectivity index (χ1n) is 7.57. The Labute approximate surface area is 119 Å². The van der Waals surface area contributed by atoms with Gasteiger partial charge in [-0.1, -0.05) is 24.6 Å². The maximum atomic E-state index is 12.1. The van der Waals surface area contributed by atoms with E-state index in [1.165, 1.54) is 19.3 Å². The van der Waals surface area contributed by atoms with E-state index in [-0.39, 0.29) is 11.9 Å². The SMILES string of the molecule is O=C(CCC1CCCCN1)NC1COc2ccccc21. The number of hydrogen-bond acceptors (Lipinski definition) is 3. The van der Waals surface area contributed by atoms with E-state index in [2.05, 4.69) is 10.6 Å². The molecule has 1 fully saturated rings. The fraction of sp³-hybridized carbons (Fsp3) is 0.562. The molecule has 4 nitrogen and oxygen atoms in total. The number of hydrogen-bond donors (Lipinski definition) is 2. The van der Waals surface area contributed by atoms with Gasteiger partial charge in [0.2, 0.25) is 5.91 Å². The van der Waals surface area contributed by atoms with E-state index in [1.54, 1.807) is 0 Å². The van der Waals surface area contributed by atoms with E-state index in [9.17, 15) is 4.79 Å². The molecule has 108 valence electrons. The number of ether oxygens (including phenoxy) is 1. The number of piperidine rings is 1. The highest BCUT2D eigenvalue weighted by atomic mass is 16.5. The molecule has 0 radical (unpaired) electrons. The first-order valence-corrected chi connectivity index (χ1v) is 7.57. The van der Waals surface area contributed by atoms with Crippen LogP contribution in [0, 0.1) is 0 Å². The fourth-order valence-electron chi connectivity index (χ4n) is 3.02. The summed E-state index contributed by atoms with van der Waals surface area (Å²) in [4.78, 5) is 12.1. The van der Waals surface area contributed by atoms with Crippen LogP contribution < -0.4 is 15.4 Å². The third kappa shape index (κ3) is 3.12. The van der Waals surface area contributed by atoms with E-state index in [0.717, 1.165) is 24.3 Å². The molecule has 4 heteroatoms. The Bertz CT molecular complexity index is 469. The third-order valence-electron chi connectivity index (χ3n) is 4.17. The molecule has 2 aliphatic heterocycles. The number of carbonyl (C=O) groups is 1. The number of carbonyl (C=O) groups excluding carboxylic acids is 1. The van der Waals surface area contributed by atoms with Gasteiger partial charge in [0.15, 0.2) is 0 Å². The second kappa shape index (κ2) is 6.27. The predicted molar refractivity (Wildman–Crippen MR) is 77.7 cm³/mol. The lowest BCUT2D eigenvalue weighted by atomic mass is 10.0. The van der Waals surface area contributed by atoms with Gasteiger partial charge in [-0.05, 0) is 31.9 Å². The number of benzene rings is 1. The molecule has 0 saturated carbocycles. The van der Waals surface area contributed by atoms with Gasteiger partial charge >= 0.3 is 0 Å². The number of rotatable bonds is 4. The molecular weight excluding hydrogens is 252 g/mol. The maximum absolute atomic E-state index is 12.1. The molecule has 1 saturated heterocycles. The van der Waals surface area contributed by atoms with E-state index in [4.69, 9.17) is 4.74 Å². The summed E-state index contributed by atoms with van der Waals surface area (Å²) < 4.78 is 5.58. The summed E-state index contributed by atoms with van der Waals surface area (Å²) in [5, 5.41) is 6.56. The second-order valence-corrected chi connectivity index (χ2v) is 5.65. The minimum atomic E-state index is 0.0121. The van der Waals surface area contributed by atoms with Gasteiger partial charge in [0.25, 0.3) is 0 Å². The Kier molecular flexibility index (Phi) is 4.21. The van der Waals surface area contributed by atoms with Crippen LogP contribution in [0.15, 0.2) is 24.3 Å². The van der Waals surface area contributed by atoms with Crippen molar-refractivity contribution in [2.24, 2.45) is 0 Å². The van der Waals surface area contributed by atoms with E-state index >= 15 is 0 Å². The Balaban J connectivity index is 1.47. The zero-order valence-corrected chi connectivity index (χ0v) is 11.7. The first-order chi connectivity index (χ1) is 9.83. The van der Waals surface area contributed by atoms with Crippen molar-refractivity contribution in [2.45, 2.75) is 44.2 Å². The van der Waals surface area contributed by atoms with Crippen LogP contribution in [0.4, 0.5) is 0 Å². The van der Waals surface area contributed by atoms with Gasteiger partial charge in [-0.3, -0.25) is 4.79 Å². The summed E-state index contributed by atoms with van der Waals surface area (Å²) in [6, 6.07) is 8.44. The number of para-hydroxylation sites is 1. The zero-order valence-electron chi connectivity index (χ0n) is 11.7. The predicted octanol–water partition coefficient (Wildman–Crippen LogP) is 2.16. The van der Waals surface area contributed by atoms with Crippen molar-refractivity contribution in [3.8, 4) is 5.75 Å². The van der Waals surface area contributed by atoms with Gasteiger partial charge in [-0.2, -0.15) is 0 Å². The summed E-state index contributed by atoms with van der Waals surface area (Å²) in [5.41, 5.74) is 1.09. The molecule has 2 heterocycles. The molecule has 2 N–H and O–H groups in total. The van der Waals surface area contributed by atoms with Crippen LogP contribution in [0.2, 0.25) is 0 Å². The molecule has 0 aliphatic carbocycles. The largest absolute Gasteiger partial charge is 0.491 e. The molecular formula is C16H22N2O2. The maximum Gasteiger partial charge on any atom is 0.220 e. The normalized spacial score (nSPS) is 24.8. The monoisotopic (exact) mass is 274 g/mol. The average molecular weight is 274 g/mol. The van der Waals surface area contributed by atoms with Gasteiger partial charge in [0.1, 0.15) is 12.4 Å². The Morgan fingerprint density at radius 2 is 2.25 bits per heavy atom. The fourth-order valence-corrected chi connectivity index (χ4v) is 3.02. The van der Waals surface area contributed by atoms with Gasteiger partial charge in [0, 0.05) is 18.0 Å². The number of amides is 1. The lowest BCUT2D eigenvalue weighted by Gasteiger charge is -2.23. The molecule has 1 aromatic carbocycles. The van der Waals surface area contributed by atoms with Crippen LogP contribution in [-0.2, 0) is 4.79 Å². The molecule has 0 bridgehead atoms. The summed E-state index contributed by atoms with van der Waals surface area (Å²) in [6.07, 6.45) is 5.27. The van der Waals surface area contributed by atoms with Crippen molar-refractivity contribution >= 4 is 5.91 Å². The zero-order chi connectivity index (χ0) is 13.8. The number of nitrogens with one attached hydrogen (secondary N) is 2. The van der Waals surface area contributed by atoms with E-state index in [1.807, 2.05) is 24.3 Å². The molecule has 0 spiro atoms. The molecule has 1 aromatic rings. The molecule has 2 atom stereocenters. The second-order valence-electron chi connectivity index (χ2n) is 5.65. The van der Waals surface area contributed by atoms with Crippen LogP contribution in [0.25, 0.3) is 0 Å². The van der Waals surface area contributed by atoms with Gasteiger partial charge in [-0.25, -0.2) is 0 Å². The van der Waals surface area contributed by atoms with Gasteiger partial charge < -0.3 is 15.4 Å². The van der Waals surface area contributed by atoms with E-state index < -0.39 is 0 Å². The number of fused-ring (bicyclic) bond motifs is 1. The Morgan fingerprint density at radius 3 is 3.10 bits per heavy atom. The van der Waals surface area contributed by atoms with Crippen LogP contribution in [0.3, 0.4) is 0 Å². The molecule has 0 aromatic heterocycles. The highest BCUT2D eigenvalue weighted by Gasteiger charge is 2.25. The minimum absolute atomic E-state index is 0.0121. The highest BCUT2D eigenvalue weighted by Crippen LogP contribution is 2.31. The standard InChI is InChI=1S/C16H22N2O2/c19-16(9-8-12-5-3-4-10-17-12)18-14-11-20-15-7-2-1-6-13(14)15/h1-2,6-7,12,14,17H,3-5,8-11H2,(H,18,19). The summed E-state index contributed by atoms with van der Waals surface area (Å²) >= 11 is 0. The molecule has 3 rings (SSSR count). The van der Waals surface area contributed by atoms with Crippen LogP contribution >= 0.6 is 0 Å². The van der Waals surface area contributed by atoms with Crippen molar-refractivity contribution in [1.29, 1.82) is 0 Å². The first kappa shape index (κ1) is 13.4. The van der Waals surface area contributed by atoms with Crippen molar-refractivity contribution in [1.82, 2.24) is 10.6 Å². The molecule has 2 unspecified atom stereocenters. The van der Waals surface area contributed by atoms with Crippen molar-refractivity contribution in [3.63, 3.8) is 0 Å². The van der Waals surface area contributed by atoms with E-state index in [0.29, 0.717) is 19.1 Å². The Hall–Kier alpha value is -1.55. The summed E-state index contributed by atoms with van der Waals surface area (Å²) in [7, 11) is 0. The van der Waals surface area contributed by atoms with Gasteiger partial charge in [0.05, 0.1) is 6.04 Å². The van der Waals surface area contributed by atoms with Crippen molar-refractivity contribution < 1.29 is 9.53 Å². The smallest absolute Gasteiger partial charge is 0.220 e. The average Bonchev–Trinajstić information content (AvgIpc) is 2.90.